The van der Waals surface area contributed by atoms with Crippen LogP contribution in [0.15, 0.2) is 72.8 Å². The topological polar surface area (TPSA) is 46.3 Å². The van der Waals surface area contributed by atoms with Crippen LogP contribution in [0.3, 0.4) is 0 Å². The third-order valence-electron chi connectivity index (χ3n) is 6.21. The normalized spacial score (nSPS) is 27.1. The first-order valence-corrected chi connectivity index (χ1v) is 9.79. The largest absolute Gasteiger partial charge is 0.340 e. The van der Waals surface area contributed by atoms with E-state index in [-0.39, 0.29) is 23.8 Å². The fourth-order valence-electron chi connectivity index (χ4n) is 4.57. The lowest BCUT2D eigenvalue weighted by atomic mass is 9.95. The molecule has 2 unspecified atom stereocenters. The second kappa shape index (κ2) is 6.50. The molecule has 4 atom stereocenters. The minimum Gasteiger partial charge on any atom is -0.340 e. The summed E-state index contributed by atoms with van der Waals surface area (Å²) < 4.78 is 0. The number of benzene rings is 3. The van der Waals surface area contributed by atoms with Crippen molar-refractivity contribution in [1.29, 1.82) is 0 Å². The van der Waals surface area contributed by atoms with Crippen LogP contribution >= 0.6 is 0 Å². The highest BCUT2D eigenvalue weighted by atomic mass is 16.2. The van der Waals surface area contributed by atoms with Gasteiger partial charge in [-0.1, -0.05) is 72.8 Å². The number of fused-ring (bicyclic) bond motifs is 1. The number of hydrogen-bond acceptors (Lipinski definition) is 2. The Bertz CT molecular complexity index is 984. The molecule has 1 heterocycles. The van der Waals surface area contributed by atoms with Crippen LogP contribution in [0, 0.1) is 5.92 Å². The van der Waals surface area contributed by atoms with E-state index in [1.807, 2.05) is 23.1 Å². The summed E-state index contributed by atoms with van der Waals surface area (Å²) in [5.41, 5.74) is 8.90. The van der Waals surface area contributed by atoms with E-state index in [4.69, 9.17) is 5.73 Å². The zero-order valence-electron chi connectivity index (χ0n) is 15.3. The maximum absolute atomic E-state index is 13.0. The van der Waals surface area contributed by atoms with Gasteiger partial charge in [0.25, 0.3) is 0 Å². The molecule has 3 aromatic carbocycles. The number of nitrogens with two attached hydrogens (primary N) is 1. The number of rotatable bonds is 3. The highest BCUT2D eigenvalue weighted by molar-refractivity contribution is 5.86. The van der Waals surface area contributed by atoms with E-state index < -0.39 is 0 Å². The van der Waals surface area contributed by atoms with Gasteiger partial charge in [-0.15, -0.1) is 0 Å². The number of amides is 1. The smallest absolute Gasteiger partial charge is 0.226 e. The van der Waals surface area contributed by atoms with E-state index in [0.29, 0.717) is 12.5 Å². The number of carbonyl (C=O) groups is 1. The Morgan fingerprint density at radius 2 is 1.56 bits per heavy atom. The SMILES string of the molecule is N[C@@H]1CN(C(=O)C2CC2c2ccc3ccccc3c2)C[C@H]1c1ccccc1. The van der Waals surface area contributed by atoms with Crippen LogP contribution in [0.2, 0.25) is 0 Å². The molecular weight excluding hydrogens is 332 g/mol. The molecule has 2 fully saturated rings. The van der Waals surface area contributed by atoms with Crippen LogP contribution in [0.4, 0.5) is 0 Å². The van der Waals surface area contributed by atoms with Crippen LogP contribution < -0.4 is 5.73 Å². The molecule has 3 nitrogen and oxygen atoms in total. The summed E-state index contributed by atoms with van der Waals surface area (Å²) in [5, 5.41) is 2.50. The van der Waals surface area contributed by atoms with Crippen molar-refractivity contribution in [1.82, 2.24) is 4.90 Å². The van der Waals surface area contributed by atoms with E-state index in [9.17, 15) is 4.79 Å². The van der Waals surface area contributed by atoms with Crippen LogP contribution in [-0.4, -0.2) is 29.9 Å². The van der Waals surface area contributed by atoms with Gasteiger partial charge in [0.05, 0.1) is 0 Å². The predicted molar refractivity (Wildman–Crippen MR) is 109 cm³/mol. The average Bonchev–Trinajstić information content (AvgIpc) is 3.42. The third kappa shape index (κ3) is 3.02. The van der Waals surface area contributed by atoms with Crippen molar-refractivity contribution in [3.05, 3.63) is 83.9 Å². The average molecular weight is 356 g/mol. The third-order valence-corrected chi connectivity index (χ3v) is 6.21. The molecule has 0 radical (unpaired) electrons. The Balaban J connectivity index is 1.29. The summed E-state index contributed by atoms with van der Waals surface area (Å²) in [5.74, 6) is 0.997. The number of carbonyl (C=O) groups excluding carboxylic acids is 1. The Morgan fingerprint density at radius 3 is 2.37 bits per heavy atom. The lowest BCUT2D eigenvalue weighted by Crippen LogP contribution is -2.33. The molecule has 1 aliphatic carbocycles. The first-order chi connectivity index (χ1) is 13.2. The van der Waals surface area contributed by atoms with Gasteiger partial charge in [-0.25, -0.2) is 0 Å². The van der Waals surface area contributed by atoms with Gasteiger partial charge in [0.15, 0.2) is 0 Å². The quantitative estimate of drug-likeness (QED) is 0.774. The zero-order chi connectivity index (χ0) is 18.4. The lowest BCUT2D eigenvalue weighted by Gasteiger charge is -2.16. The van der Waals surface area contributed by atoms with Crippen LogP contribution in [0.5, 0.6) is 0 Å². The van der Waals surface area contributed by atoms with Gasteiger partial charge < -0.3 is 10.6 Å². The molecule has 136 valence electrons. The Labute approximate surface area is 159 Å². The van der Waals surface area contributed by atoms with Crippen LogP contribution in [-0.2, 0) is 4.79 Å². The van der Waals surface area contributed by atoms with Crippen molar-refractivity contribution < 1.29 is 4.79 Å². The second-order valence-corrected chi connectivity index (χ2v) is 7.98. The second-order valence-electron chi connectivity index (χ2n) is 7.98. The van der Waals surface area contributed by atoms with Gasteiger partial charge in [0.1, 0.15) is 0 Å². The summed E-state index contributed by atoms with van der Waals surface area (Å²) in [4.78, 5) is 15.0. The molecule has 0 bridgehead atoms. The van der Waals surface area contributed by atoms with Gasteiger partial charge in [0, 0.05) is 31.0 Å². The van der Waals surface area contributed by atoms with Crippen molar-refractivity contribution in [2.75, 3.05) is 13.1 Å². The number of likely N-dealkylation sites (tertiary alicyclic amines) is 1. The van der Waals surface area contributed by atoms with Crippen molar-refractivity contribution in [3.63, 3.8) is 0 Å². The predicted octanol–water partition coefficient (Wildman–Crippen LogP) is 3.90. The maximum atomic E-state index is 13.0. The molecule has 1 saturated carbocycles. The highest BCUT2D eigenvalue weighted by Gasteiger charge is 2.47. The minimum atomic E-state index is 0.0224. The molecule has 0 spiro atoms. The Morgan fingerprint density at radius 1 is 0.815 bits per heavy atom. The summed E-state index contributed by atoms with van der Waals surface area (Å²) in [6.07, 6.45) is 0.957. The van der Waals surface area contributed by atoms with Crippen LogP contribution in [0.1, 0.15) is 29.4 Å². The molecule has 1 saturated heterocycles. The summed E-state index contributed by atoms with van der Waals surface area (Å²) in [7, 11) is 0. The van der Waals surface area contributed by atoms with Gasteiger partial charge in [-0.3, -0.25) is 4.79 Å². The van der Waals surface area contributed by atoms with Crippen molar-refractivity contribution in [2.24, 2.45) is 11.7 Å². The summed E-state index contributed by atoms with van der Waals surface area (Å²) >= 11 is 0. The Kier molecular flexibility index (Phi) is 3.98. The molecule has 2 aliphatic rings. The van der Waals surface area contributed by atoms with E-state index in [1.165, 1.54) is 21.9 Å². The van der Waals surface area contributed by atoms with Gasteiger partial charge in [-0.05, 0) is 34.2 Å². The fourth-order valence-corrected chi connectivity index (χ4v) is 4.57. The van der Waals surface area contributed by atoms with E-state index >= 15 is 0 Å². The first-order valence-electron chi connectivity index (χ1n) is 9.79. The molecule has 5 rings (SSSR count). The van der Waals surface area contributed by atoms with Gasteiger partial charge >= 0.3 is 0 Å². The molecule has 3 heteroatoms. The molecule has 2 N–H and O–H groups in total. The highest BCUT2D eigenvalue weighted by Crippen LogP contribution is 2.49. The number of nitrogens with zero attached hydrogens (tertiary/aromatic N) is 1. The molecule has 1 aliphatic heterocycles. The van der Waals surface area contributed by atoms with E-state index in [2.05, 4.69) is 54.6 Å². The van der Waals surface area contributed by atoms with Crippen molar-refractivity contribution in [2.45, 2.75) is 24.3 Å². The van der Waals surface area contributed by atoms with Crippen molar-refractivity contribution in [3.8, 4) is 0 Å². The first kappa shape index (κ1) is 16.5. The van der Waals surface area contributed by atoms with E-state index in [1.54, 1.807) is 0 Å². The summed E-state index contributed by atoms with van der Waals surface area (Å²) in [6.45, 7) is 1.41. The molecular formula is C24H24N2O. The molecule has 0 aromatic heterocycles. The molecule has 3 aromatic rings. The molecule has 27 heavy (non-hydrogen) atoms. The zero-order valence-corrected chi connectivity index (χ0v) is 15.3. The fraction of sp³-hybridized carbons (Fsp3) is 0.292. The monoisotopic (exact) mass is 356 g/mol. The van der Waals surface area contributed by atoms with Crippen molar-refractivity contribution >= 4 is 16.7 Å². The Hall–Kier alpha value is -2.65. The standard InChI is InChI=1S/C24H24N2O/c25-23-15-26(14-22(23)17-7-2-1-3-8-17)24(27)21-13-20(21)19-11-10-16-6-4-5-9-18(16)12-19/h1-12,20-23H,13-15,25H2/t20?,21?,22-,23+/m0/s1. The van der Waals surface area contributed by atoms with E-state index in [0.717, 1.165) is 13.0 Å². The number of hydrogen-bond donors (Lipinski definition) is 1. The van der Waals surface area contributed by atoms with Crippen LogP contribution in [0.25, 0.3) is 10.8 Å². The van der Waals surface area contributed by atoms with Gasteiger partial charge in [-0.2, -0.15) is 0 Å². The molecule has 1 amide bonds. The minimum absolute atomic E-state index is 0.0224. The van der Waals surface area contributed by atoms with Gasteiger partial charge in [0.2, 0.25) is 5.91 Å². The lowest BCUT2D eigenvalue weighted by molar-refractivity contribution is -0.131. The summed E-state index contributed by atoms with van der Waals surface area (Å²) in [6, 6.07) is 25.4. The maximum Gasteiger partial charge on any atom is 0.226 e.